The van der Waals surface area contributed by atoms with Gasteiger partial charge in [-0.15, -0.1) is 0 Å². The topological polar surface area (TPSA) is 213 Å². The first-order chi connectivity index (χ1) is 15.3. The van der Waals surface area contributed by atoms with Gasteiger partial charge in [-0.2, -0.15) is 8.42 Å². The minimum atomic E-state index is -4.67. The molecule has 0 bridgehead atoms. The van der Waals surface area contributed by atoms with Crippen molar-refractivity contribution in [2.24, 2.45) is 17.2 Å². The Balaban J connectivity index is 0. The van der Waals surface area contributed by atoms with E-state index in [1.54, 1.807) is 0 Å². The van der Waals surface area contributed by atoms with Gasteiger partial charge in [0.1, 0.15) is 0 Å². The highest BCUT2D eigenvalue weighted by molar-refractivity contribution is 7.79. The molecule has 0 fully saturated rings. The van der Waals surface area contributed by atoms with Crippen molar-refractivity contribution in [2.75, 3.05) is 19.8 Å². The fourth-order valence-corrected chi connectivity index (χ4v) is 2.12. The molecule has 2 aromatic rings. The quantitative estimate of drug-likeness (QED) is 0.247. The van der Waals surface area contributed by atoms with E-state index >= 15 is 0 Å². The van der Waals surface area contributed by atoms with Crippen molar-refractivity contribution < 1.29 is 32.8 Å². The van der Waals surface area contributed by atoms with Crippen LogP contribution in [0, 0.1) is 0 Å². The van der Waals surface area contributed by atoms with E-state index < -0.39 is 35.8 Å². The summed E-state index contributed by atoms with van der Waals surface area (Å²) in [4.78, 5) is 0. The lowest BCUT2D eigenvalue weighted by molar-refractivity contribution is 0.0697. The van der Waals surface area contributed by atoms with Crippen LogP contribution in [0.2, 0.25) is 0 Å². The molecule has 0 aliphatic carbocycles. The highest BCUT2D eigenvalue weighted by Crippen LogP contribution is 2.01. The predicted octanol–water partition coefficient (Wildman–Crippen LogP) is 0.161. The average molecular weight is 490 g/mol. The summed E-state index contributed by atoms with van der Waals surface area (Å²) in [6.45, 7) is 2.83. The molecule has 2 atom stereocenters. The number of hydrogen-bond donors (Lipinski definition) is 8. The van der Waals surface area contributed by atoms with Gasteiger partial charge in [-0.25, -0.2) is 0 Å². The van der Waals surface area contributed by atoms with Gasteiger partial charge < -0.3 is 32.5 Å². The monoisotopic (exact) mass is 489 g/mol. The van der Waals surface area contributed by atoms with Gasteiger partial charge in [-0.3, -0.25) is 9.11 Å². The maximum absolute atomic E-state index is 8.74. The van der Waals surface area contributed by atoms with Gasteiger partial charge in [-0.1, -0.05) is 60.7 Å². The molecule has 0 unspecified atom stereocenters. The Kier molecular flexibility index (Phi) is 18.6. The van der Waals surface area contributed by atoms with Crippen LogP contribution in [-0.2, 0) is 23.2 Å². The smallest absolute Gasteiger partial charge is 0.394 e. The zero-order valence-electron chi connectivity index (χ0n) is 19.2. The summed E-state index contributed by atoms with van der Waals surface area (Å²) >= 11 is 0. The van der Waals surface area contributed by atoms with Crippen LogP contribution in [0.5, 0.6) is 0 Å². The normalized spacial score (nSPS) is 12.5. The molecule has 2 aromatic carbocycles. The van der Waals surface area contributed by atoms with Gasteiger partial charge in [0.05, 0.1) is 25.4 Å². The summed E-state index contributed by atoms with van der Waals surface area (Å²) in [6.07, 6.45) is 1.95. The Hall–Kier alpha value is -1.93. The van der Waals surface area contributed by atoms with Crippen LogP contribution in [0.25, 0.3) is 0 Å². The van der Waals surface area contributed by atoms with Crippen molar-refractivity contribution in [2.45, 2.75) is 44.3 Å². The molecule has 11 N–H and O–H groups in total. The van der Waals surface area contributed by atoms with E-state index in [0.29, 0.717) is 0 Å². The van der Waals surface area contributed by atoms with Gasteiger partial charge in [-0.05, 0) is 37.8 Å². The maximum Gasteiger partial charge on any atom is 0.394 e. The SMILES string of the molecule is C[C@H](N)Cc1ccccc1.C[C@H](N)Cc1ccccc1.NC(CO)(CO)CO.O=S(=O)(O)O. The first-order valence-electron chi connectivity index (χ1n) is 10.2. The maximum atomic E-state index is 8.74. The second kappa shape index (κ2) is 18.5. The Morgan fingerprint density at radius 1 is 0.727 bits per heavy atom. The minimum absolute atomic E-state index is 0.266. The van der Waals surface area contributed by atoms with Crippen LogP contribution in [0.15, 0.2) is 60.7 Å². The van der Waals surface area contributed by atoms with Crippen molar-refractivity contribution >= 4 is 10.4 Å². The molecule has 0 heterocycles. The molecule has 10 nitrogen and oxygen atoms in total. The Morgan fingerprint density at radius 2 is 0.970 bits per heavy atom. The fraction of sp³-hybridized carbons (Fsp3) is 0.455. The third-order valence-electron chi connectivity index (χ3n) is 3.75. The molecule has 0 saturated heterocycles. The first kappa shape index (κ1) is 33.2. The molecule has 33 heavy (non-hydrogen) atoms. The average Bonchev–Trinajstić information content (AvgIpc) is 2.73. The Bertz CT molecular complexity index is 739. The second-order valence-electron chi connectivity index (χ2n) is 7.62. The predicted molar refractivity (Wildman–Crippen MR) is 130 cm³/mol. The number of benzene rings is 2. The fourth-order valence-electron chi connectivity index (χ4n) is 2.12. The molecule has 0 aromatic heterocycles. The lowest BCUT2D eigenvalue weighted by Crippen LogP contribution is -2.50. The van der Waals surface area contributed by atoms with E-state index in [2.05, 4.69) is 24.3 Å². The number of nitrogens with two attached hydrogens (primary N) is 3. The van der Waals surface area contributed by atoms with Gasteiger partial charge in [0.15, 0.2) is 0 Å². The lowest BCUT2D eigenvalue weighted by atomic mass is 10.1. The van der Waals surface area contributed by atoms with Gasteiger partial charge in [0.25, 0.3) is 0 Å². The molecule has 190 valence electrons. The Morgan fingerprint density at radius 3 is 1.12 bits per heavy atom. The van der Waals surface area contributed by atoms with Crippen LogP contribution >= 0.6 is 0 Å². The standard InChI is InChI=1S/2C9H13N.C4H11NO3.H2O4S/c2*1-8(10)7-9-5-3-2-4-6-9;5-4(1-6,2-7)3-8;1-5(2,3)4/h2*2-6,8H,7,10H2,1H3;6-8H,1-3,5H2;(H2,1,2,3,4)/t2*8-;;/m00../s1. The first-order valence-corrected chi connectivity index (χ1v) is 11.6. The highest BCUT2D eigenvalue weighted by atomic mass is 32.3. The molecule has 0 aliphatic rings. The largest absolute Gasteiger partial charge is 0.394 e. The van der Waals surface area contributed by atoms with Gasteiger partial charge in [0.2, 0.25) is 0 Å². The third-order valence-corrected chi connectivity index (χ3v) is 3.75. The molecule has 0 radical (unpaired) electrons. The van der Waals surface area contributed by atoms with E-state index in [4.69, 9.17) is 50.0 Å². The van der Waals surface area contributed by atoms with Crippen molar-refractivity contribution in [1.82, 2.24) is 0 Å². The Labute approximate surface area is 196 Å². The zero-order valence-corrected chi connectivity index (χ0v) is 20.0. The van der Waals surface area contributed by atoms with Crippen LogP contribution < -0.4 is 17.2 Å². The summed E-state index contributed by atoms with van der Waals surface area (Å²) in [5, 5.41) is 25.0. The summed E-state index contributed by atoms with van der Waals surface area (Å²) in [5.41, 5.74) is 17.8. The van der Waals surface area contributed by atoms with Crippen molar-refractivity contribution in [3.63, 3.8) is 0 Å². The highest BCUT2D eigenvalue weighted by Gasteiger charge is 2.20. The molecule has 0 spiro atoms. The molecular weight excluding hydrogens is 450 g/mol. The molecule has 11 heteroatoms. The lowest BCUT2D eigenvalue weighted by Gasteiger charge is -2.20. The van der Waals surface area contributed by atoms with E-state index in [0.717, 1.165) is 12.8 Å². The molecule has 0 saturated carbocycles. The third kappa shape index (κ3) is 24.5. The number of aliphatic hydroxyl groups excluding tert-OH is 3. The van der Waals surface area contributed by atoms with Crippen LogP contribution in [0.3, 0.4) is 0 Å². The second-order valence-corrected chi connectivity index (χ2v) is 8.51. The molecular formula is C22H39N3O7S. The van der Waals surface area contributed by atoms with E-state index in [1.807, 2.05) is 50.2 Å². The van der Waals surface area contributed by atoms with Gasteiger partial charge in [0, 0.05) is 12.1 Å². The van der Waals surface area contributed by atoms with E-state index in [1.165, 1.54) is 11.1 Å². The van der Waals surface area contributed by atoms with Crippen LogP contribution in [-0.4, -0.2) is 70.3 Å². The summed E-state index contributed by atoms with van der Waals surface area (Å²) in [5.74, 6) is 0. The van der Waals surface area contributed by atoms with Gasteiger partial charge >= 0.3 is 10.4 Å². The van der Waals surface area contributed by atoms with Crippen molar-refractivity contribution in [1.29, 1.82) is 0 Å². The number of hydrogen-bond acceptors (Lipinski definition) is 8. The van der Waals surface area contributed by atoms with E-state index in [9.17, 15) is 0 Å². The molecule has 2 rings (SSSR count). The summed E-state index contributed by atoms with van der Waals surface area (Å²) < 4.78 is 31.6. The van der Waals surface area contributed by atoms with Crippen molar-refractivity contribution in [3.05, 3.63) is 71.8 Å². The minimum Gasteiger partial charge on any atom is -0.394 e. The summed E-state index contributed by atoms with van der Waals surface area (Å²) in [7, 11) is -4.67. The zero-order chi connectivity index (χ0) is 25.9. The summed E-state index contributed by atoms with van der Waals surface area (Å²) in [6, 6.07) is 21.1. The van der Waals surface area contributed by atoms with Crippen LogP contribution in [0.4, 0.5) is 0 Å². The van der Waals surface area contributed by atoms with Crippen LogP contribution in [0.1, 0.15) is 25.0 Å². The molecule has 0 aliphatic heterocycles. The van der Waals surface area contributed by atoms with Crippen molar-refractivity contribution in [3.8, 4) is 0 Å². The number of rotatable bonds is 7. The molecule has 0 amide bonds. The van der Waals surface area contributed by atoms with E-state index in [-0.39, 0.29) is 12.1 Å². The number of aliphatic hydroxyl groups is 3.